The maximum absolute atomic E-state index is 12.1. The number of alkyl halides is 3. The van der Waals surface area contributed by atoms with Crippen LogP contribution in [0.5, 0.6) is 5.75 Å². The van der Waals surface area contributed by atoms with Crippen molar-refractivity contribution in [3.63, 3.8) is 0 Å². The number of allylic oxidation sites excluding steroid dienone is 1. The topological polar surface area (TPSA) is 12.5 Å². The lowest BCUT2D eigenvalue weighted by molar-refractivity contribution is -0.274. The Kier molecular flexibility index (Phi) is 6.42. The number of hydrogen-bond donors (Lipinski definition) is 0. The lowest BCUT2D eigenvalue weighted by Gasteiger charge is -2.19. The summed E-state index contributed by atoms with van der Waals surface area (Å²) in [5.41, 5.74) is 0.827. The highest BCUT2D eigenvalue weighted by Gasteiger charge is 2.30. The van der Waals surface area contributed by atoms with Gasteiger partial charge in [0.2, 0.25) is 0 Å². The number of anilines is 1. The average Bonchev–Trinajstić information content (AvgIpc) is 2.38. The van der Waals surface area contributed by atoms with E-state index < -0.39 is 6.36 Å². The van der Waals surface area contributed by atoms with Gasteiger partial charge in [-0.15, -0.1) is 13.2 Å². The van der Waals surface area contributed by atoms with Gasteiger partial charge in [-0.05, 0) is 44.0 Å². The summed E-state index contributed by atoms with van der Waals surface area (Å²) >= 11 is 0. The van der Waals surface area contributed by atoms with E-state index >= 15 is 0 Å². The van der Waals surface area contributed by atoms with E-state index in [1.807, 2.05) is 24.1 Å². The molecule has 1 rings (SSSR count). The van der Waals surface area contributed by atoms with Crippen molar-refractivity contribution in [3.8, 4) is 5.75 Å². The molecule has 5 heteroatoms. The lowest BCUT2D eigenvalue weighted by Crippen LogP contribution is -2.17. The Morgan fingerprint density at radius 3 is 2.40 bits per heavy atom. The molecular formula is C15H19F3NO. The fourth-order valence-corrected chi connectivity index (χ4v) is 1.68. The summed E-state index contributed by atoms with van der Waals surface area (Å²) in [4.78, 5) is 1.96. The van der Waals surface area contributed by atoms with Crippen LogP contribution in [-0.4, -0.2) is 12.9 Å². The summed E-state index contributed by atoms with van der Waals surface area (Å²) in [7, 11) is 0. The molecule has 0 N–H and O–H groups in total. The molecule has 0 amide bonds. The summed E-state index contributed by atoms with van der Waals surface area (Å²) in [6.07, 6.45) is 2.17. The summed E-state index contributed by atoms with van der Waals surface area (Å²) < 4.78 is 40.0. The van der Waals surface area contributed by atoms with E-state index in [1.54, 1.807) is 12.1 Å². The molecule has 0 bridgehead atoms. The molecule has 2 nitrogen and oxygen atoms in total. The zero-order valence-electron chi connectivity index (χ0n) is 11.5. The molecule has 0 spiro atoms. The molecule has 0 fully saturated rings. The second-order valence-corrected chi connectivity index (χ2v) is 4.21. The zero-order chi connectivity index (χ0) is 15.0. The fourth-order valence-electron chi connectivity index (χ4n) is 1.68. The Morgan fingerprint density at radius 1 is 1.25 bits per heavy atom. The van der Waals surface area contributed by atoms with Gasteiger partial charge in [0.05, 0.1) is 0 Å². The monoisotopic (exact) mass is 286 g/mol. The Morgan fingerprint density at radius 2 is 1.90 bits per heavy atom. The Balaban J connectivity index is 2.67. The van der Waals surface area contributed by atoms with Crippen molar-refractivity contribution in [1.82, 2.24) is 0 Å². The number of unbranched alkanes of at least 4 members (excludes halogenated alkanes) is 2. The van der Waals surface area contributed by atoms with Crippen LogP contribution in [0.2, 0.25) is 0 Å². The van der Waals surface area contributed by atoms with E-state index in [4.69, 9.17) is 0 Å². The molecule has 0 aliphatic carbocycles. The van der Waals surface area contributed by atoms with Gasteiger partial charge in [0.25, 0.3) is 0 Å². The number of benzene rings is 1. The first-order valence-electron chi connectivity index (χ1n) is 6.54. The summed E-state index contributed by atoms with van der Waals surface area (Å²) in [5.74, 6) is -0.210. The van der Waals surface area contributed by atoms with E-state index in [-0.39, 0.29) is 5.75 Å². The van der Waals surface area contributed by atoms with Gasteiger partial charge in [-0.3, -0.25) is 0 Å². The predicted octanol–water partition coefficient (Wildman–Crippen LogP) is 4.93. The van der Waals surface area contributed by atoms with E-state index in [2.05, 4.69) is 11.7 Å². The quantitative estimate of drug-likeness (QED) is 0.659. The van der Waals surface area contributed by atoms with Crippen LogP contribution in [0, 0.1) is 6.92 Å². The molecule has 0 atom stereocenters. The molecule has 1 aromatic rings. The highest BCUT2D eigenvalue weighted by molar-refractivity contribution is 5.51. The third-order valence-electron chi connectivity index (χ3n) is 2.65. The van der Waals surface area contributed by atoms with Crippen molar-refractivity contribution in [2.24, 2.45) is 0 Å². The van der Waals surface area contributed by atoms with Gasteiger partial charge in [-0.2, -0.15) is 0 Å². The Hall–Kier alpha value is -1.65. The average molecular weight is 286 g/mol. The van der Waals surface area contributed by atoms with Crippen LogP contribution >= 0.6 is 0 Å². The normalized spacial score (nSPS) is 11.8. The molecule has 0 saturated carbocycles. The second-order valence-electron chi connectivity index (χ2n) is 4.21. The van der Waals surface area contributed by atoms with Gasteiger partial charge in [-0.25, -0.2) is 0 Å². The smallest absolute Gasteiger partial charge is 0.406 e. The van der Waals surface area contributed by atoms with Crippen LogP contribution in [0.1, 0.15) is 26.2 Å². The van der Waals surface area contributed by atoms with Crippen molar-refractivity contribution in [2.45, 2.75) is 32.5 Å². The molecule has 0 aromatic heterocycles. The van der Waals surface area contributed by atoms with E-state index in [0.29, 0.717) is 0 Å². The fraction of sp³-hybridized carbons (Fsp3) is 0.400. The molecule has 0 heterocycles. The van der Waals surface area contributed by atoms with Gasteiger partial charge >= 0.3 is 6.36 Å². The van der Waals surface area contributed by atoms with Crippen molar-refractivity contribution in [3.05, 3.63) is 43.5 Å². The Bertz CT molecular complexity index is 412. The van der Waals surface area contributed by atoms with Crippen molar-refractivity contribution in [2.75, 3.05) is 11.4 Å². The van der Waals surface area contributed by atoms with Gasteiger partial charge in [0, 0.05) is 18.4 Å². The number of rotatable bonds is 7. The highest BCUT2D eigenvalue weighted by Crippen LogP contribution is 2.25. The van der Waals surface area contributed by atoms with Crippen molar-refractivity contribution < 1.29 is 17.9 Å². The molecular weight excluding hydrogens is 267 g/mol. The SMILES string of the molecule is [CH2]CCCC=CN(CC)c1ccc(OC(F)(F)F)cc1. The van der Waals surface area contributed by atoms with Gasteiger partial charge in [0.1, 0.15) is 5.75 Å². The van der Waals surface area contributed by atoms with E-state index in [1.165, 1.54) is 12.1 Å². The third-order valence-corrected chi connectivity index (χ3v) is 2.65. The zero-order valence-corrected chi connectivity index (χ0v) is 11.5. The van der Waals surface area contributed by atoms with Gasteiger partial charge < -0.3 is 9.64 Å². The van der Waals surface area contributed by atoms with E-state index in [0.717, 1.165) is 31.5 Å². The third kappa shape index (κ3) is 5.99. The lowest BCUT2D eigenvalue weighted by atomic mass is 10.2. The Labute approximate surface area is 117 Å². The first-order chi connectivity index (χ1) is 9.46. The molecule has 20 heavy (non-hydrogen) atoms. The minimum absolute atomic E-state index is 0.210. The predicted molar refractivity (Wildman–Crippen MR) is 74.5 cm³/mol. The number of ether oxygens (including phenoxy) is 1. The van der Waals surface area contributed by atoms with Crippen LogP contribution in [0.15, 0.2) is 36.5 Å². The largest absolute Gasteiger partial charge is 0.573 e. The molecule has 0 saturated heterocycles. The maximum Gasteiger partial charge on any atom is 0.573 e. The van der Waals surface area contributed by atoms with Crippen LogP contribution < -0.4 is 9.64 Å². The molecule has 111 valence electrons. The van der Waals surface area contributed by atoms with Gasteiger partial charge in [-0.1, -0.05) is 19.4 Å². The van der Waals surface area contributed by atoms with Crippen LogP contribution in [-0.2, 0) is 0 Å². The number of halogens is 3. The minimum Gasteiger partial charge on any atom is -0.406 e. The summed E-state index contributed by atoms with van der Waals surface area (Å²) in [6.45, 7) is 6.48. The van der Waals surface area contributed by atoms with Crippen LogP contribution in [0.3, 0.4) is 0 Å². The molecule has 1 aromatic carbocycles. The van der Waals surface area contributed by atoms with E-state index in [9.17, 15) is 13.2 Å². The minimum atomic E-state index is -4.65. The molecule has 0 unspecified atom stereocenters. The summed E-state index contributed by atoms with van der Waals surface area (Å²) in [5, 5.41) is 0. The molecule has 0 aliphatic heterocycles. The first-order valence-corrected chi connectivity index (χ1v) is 6.54. The molecule has 0 aliphatic rings. The second kappa shape index (κ2) is 7.82. The van der Waals surface area contributed by atoms with Crippen LogP contribution in [0.25, 0.3) is 0 Å². The molecule has 1 radical (unpaired) electrons. The highest BCUT2D eigenvalue weighted by atomic mass is 19.4. The van der Waals surface area contributed by atoms with Crippen molar-refractivity contribution >= 4 is 5.69 Å². The van der Waals surface area contributed by atoms with Crippen LogP contribution in [0.4, 0.5) is 18.9 Å². The maximum atomic E-state index is 12.1. The number of nitrogens with zero attached hydrogens (tertiary/aromatic N) is 1. The number of hydrogen-bond acceptors (Lipinski definition) is 2. The summed E-state index contributed by atoms with van der Waals surface area (Å²) in [6, 6.07) is 5.84. The van der Waals surface area contributed by atoms with Gasteiger partial charge in [0.15, 0.2) is 0 Å². The standard InChI is InChI=1S/C15H19F3NO/c1-3-5-6-7-12-19(4-2)13-8-10-14(11-9-13)20-15(16,17)18/h7-12H,1,3-6H2,2H3. The first kappa shape index (κ1) is 16.4. The van der Waals surface area contributed by atoms with Crippen molar-refractivity contribution in [1.29, 1.82) is 0 Å².